The van der Waals surface area contributed by atoms with Crippen LogP contribution in [0.3, 0.4) is 0 Å². The third kappa shape index (κ3) is 3.16. The van der Waals surface area contributed by atoms with E-state index in [9.17, 15) is 14.4 Å². The predicted octanol–water partition coefficient (Wildman–Crippen LogP) is 2.05. The molecular weight excluding hydrogens is 318 g/mol. The Morgan fingerprint density at radius 3 is 2.60 bits per heavy atom. The number of nitrogens with one attached hydrogen (secondary N) is 2. The van der Waals surface area contributed by atoms with E-state index in [1.165, 1.54) is 13.1 Å². The third-order valence-corrected chi connectivity index (χ3v) is 4.88. The molecule has 2 amide bonds. The normalized spacial score (nSPS) is 17.7. The summed E-state index contributed by atoms with van der Waals surface area (Å²) >= 11 is 0. The fourth-order valence-electron chi connectivity index (χ4n) is 3.84. The summed E-state index contributed by atoms with van der Waals surface area (Å²) in [4.78, 5) is 41.2. The van der Waals surface area contributed by atoms with Crippen molar-refractivity contribution < 1.29 is 9.59 Å². The molecule has 6 nitrogen and oxygen atoms in total. The molecular formula is C19H23N3O3. The summed E-state index contributed by atoms with van der Waals surface area (Å²) in [7, 11) is 0. The lowest BCUT2D eigenvalue weighted by Gasteiger charge is -2.38. The lowest BCUT2D eigenvalue weighted by Crippen LogP contribution is -2.57. The van der Waals surface area contributed by atoms with Gasteiger partial charge in [0, 0.05) is 30.4 Å². The Hall–Kier alpha value is -2.63. The second-order valence-corrected chi connectivity index (χ2v) is 7.14. The van der Waals surface area contributed by atoms with Crippen LogP contribution in [0.25, 0.3) is 10.8 Å². The Bertz CT molecular complexity index is 885. The highest BCUT2D eigenvalue weighted by Gasteiger charge is 2.40. The molecule has 0 bridgehead atoms. The van der Waals surface area contributed by atoms with E-state index in [0.717, 1.165) is 12.8 Å². The van der Waals surface area contributed by atoms with E-state index in [1.54, 1.807) is 18.2 Å². The SMILES string of the molecule is CC(=O)NC(C)(C)C1CCCN1C(=O)c1c[nH]c(=O)c2ccccc12. The molecule has 1 fully saturated rings. The van der Waals surface area contributed by atoms with Crippen LogP contribution < -0.4 is 10.9 Å². The van der Waals surface area contributed by atoms with Crippen LogP contribution in [0.15, 0.2) is 35.3 Å². The monoisotopic (exact) mass is 341 g/mol. The minimum absolute atomic E-state index is 0.0883. The van der Waals surface area contributed by atoms with Crippen LogP contribution in [0.1, 0.15) is 44.0 Å². The molecule has 0 aliphatic carbocycles. The molecule has 132 valence electrons. The molecule has 0 saturated carbocycles. The molecule has 1 aliphatic heterocycles. The molecule has 25 heavy (non-hydrogen) atoms. The van der Waals surface area contributed by atoms with Crippen LogP contribution in [0, 0.1) is 0 Å². The maximum atomic E-state index is 13.2. The van der Waals surface area contributed by atoms with Crippen LogP contribution in [0.4, 0.5) is 0 Å². The van der Waals surface area contributed by atoms with Crippen molar-refractivity contribution in [3.05, 3.63) is 46.4 Å². The van der Waals surface area contributed by atoms with Crippen molar-refractivity contribution in [3.8, 4) is 0 Å². The average molecular weight is 341 g/mol. The van der Waals surface area contributed by atoms with Gasteiger partial charge < -0.3 is 15.2 Å². The van der Waals surface area contributed by atoms with Gasteiger partial charge in [0.15, 0.2) is 0 Å². The highest BCUT2D eigenvalue weighted by Crippen LogP contribution is 2.29. The molecule has 1 aliphatic rings. The fraction of sp³-hybridized carbons (Fsp3) is 0.421. The van der Waals surface area contributed by atoms with E-state index < -0.39 is 5.54 Å². The standard InChI is InChI=1S/C19H23N3O3/c1-12(23)21-19(2,3)16-9-6-10-22(16)18(25)15-11-20-17(24)14-8-5-4-7-13(14)15/h4-5,7-8,11,16H,6,9-10H2,1-3H3,(H,20,24)(H,21,23). The molecule has 1 aromatic heterocycles. The minimum Gasteiger partial charge on any atom is -0.349 e. The van der Waals surface area contributed by atoms with Gasteiger partial charge in [-0.05, 0) is 32.8 Å². The Morgan fingerprint density at radius 2 is 1.92 bits per heavy atom. The van der Waals surface area contributed by atoms with E-state index in [2.05, 4.69) is 10.3 Å². The number of amides is 2. The number of carbonyl (C=O) groups excluding carboxylic acids is 2. The molecule has 2 aromatic rings. The van der Waals surface area contributed by atoms with Gasteiger partial charge in [0.25, 0.3) is 11.5 Å². The molecule has 0 radical (unpaired) electrons. The van der Waals surface area contributed by atoms with Crippen molar-refractivity contribution in [2.45, 2.75) is 45.2 Å². The largest absolute Gasteiger partial charge is 0.349 e. The first-order valence-corrected chi connectivity index (χ1v) is 8.51. The number of nitrogens with zero attached hydrogens (tertiary/aromatic N) is 1. The Morgan fingerprint density at radius 1 is 1.24 bits per heavy atom. The highest BCUT2D eigenvalue weighted by molar-refractivity contribution is 6.06. The summed E-state index contributed by atoms with van der Waals surface area (Å²) in [5, 5.41) is 4.11. The number of benzene rings is 1. The Kier molecular flexibility index (Phi) is 4.37. The smallest absolute Gasteiger partial charge is 0.256 e. The zero-order chi connectivity index (χ0) is 18.2. The van der Waals surface area contributed by atoms with Crippen molar-refractivity contribution in [1.82, 2.24) is 15.2 Å². The number of hydrogen-bond acceptors (Lipinski definition) is 3. The molecule has 0 spiro atoms. The van der Waals surface area contributed by atoms with E-state index in [0.29, 0.717) is 22.9 Å². The fourth-order valence-corrected chi connectivity index (χ4v) is 3.84. The molecule has 3 rings (SSSR count). The first-order chi connectivity index (χ1) is 11.8. The maximum Gasteiger partial charge on any atom is 0.256 e. The number of likely N-dealkylation sites (tertiary alicyclic amines) is 1. The van der Waals surface area contributed by atoms with Gasteiger partial charge in [-0.1, -0.05) is 18.2 Å². The number of H-pyrrole nitrogens is 1. The van der Waals surface area contributed by atoms with Crippen molar-refractivity contribution in [1.29, 1.82) is 0 Å². The number of aromatic nitrogens is 1. The lowest BCUT2D eigenvalue weighted by atomic mass is 9.91. The van der Waals surface area contributed by atoms with Gasteiger partial charge in [0.2, 0.25) is 5.91 Å². The zero-order valence-corrected chi connectivity index (χ0v) is 14.8. The third-order valence-electron chi connectivity index (χ3n) is 4.88. The highest BCUT2D eigenvalue weighted by atomic mass is 16.2. The summed E-state index contributed by atoms with van der Waals surface area (Å²) in [6.07, 6.45) is 3.22. The van der Waals surface area contributed by atoms with Gasteiger partial charge in [0.05, 0.1) is 17.1 Å². The number of rotatable bonds is 3. The van der Waals surface area contributed by atoms with E-state index >= 15 is 0 Å². The topological polar surface area (TPSA) is 82.3 Å². The van der Waals surface area contributed by atoms with Gasteiger partial charge in [-0.25, -0.2) is 0 Å². The van der Waals surface area contributed by atoms with E-state index in [4.69, 9.17) is 0 Å². The van der Waals surface area contributed by atoms with Gasteiger partial charge in [0.1, 0.15) is 0 Å². The summed E-state index contributed by atoms with van der Waals surface area (Å²) < 4.78 is 0. The van der Waals surface area contributed by atoms with Gasteiger partial charge in [-0.3, -0.25) is 14.4 Å². The number of aromatic amines is 1. The molecule has 6 heteroatoms. The van der Waals surface area contributed by atoms with Gasteiger partial charge in [-0.15, -0.1) is 0 Å². The summed E-state index contributed by atoms with van der Waals surface area (Å²) in [6, 6.07) is 7.02. The van der Waals surface area contributed by atoms with Crippen LogP contribution in [0.5, 0.6) is 0 Å². The minimum atomic E-state index is -0.518. The molecule has 1 atom stereocenters. The van der Waals surface area contributed by atoms with Crippen molar-refractivity contribution >= 4 is 22.6 Å². The number of carbonyl (C=O) groups is 2. The van der Waals surface area contributed by atoms with Crippen LogP contribution in [0.2, 0.25) is 0 Å². The predicted molar refractivity (Wildman–Crippen MR) is 96.5 cm³/mol. The Labute approximate surface area is 146 Å². The number of fused-ring (bicyclic) bond motifs is 1. The molecule has 2 heterocycles. The molecule has 1 unspecified atom stereocenters. The zero-order valence-electron chi connectivity index (χ0n) is 14.8. The van der Waals surface area contributed by atoms with Crippen molar-refractivity contribution in [2.24, 2.45) is 0 Å². The second-order valence-electron chi connectivity index (χ2n) is 7.14. The van der Waals surface area contributed by atoms with Gasteiger partial charge >= 0.3 is 0 Å². The maximum absolute atomic E-state index is 13.2. The van der Waals surface area contributed by atoms with Crippen LogP contribution in [-0.2, 0) is 4.79 Å². The van der Waals surface area contributed by atoms with Gasteiger partial charge in [-0.2, -0.15) is 0 Å². The quantitative estimate of drug-likeness (QED) is 0.896. The molecule has 1 saturated heterocycles. The van der Waals surface area contributed by atoms with Crippen LogP contribution in [-0.4, -0.2) is 39.8 Å². The summed E-state index contributed by atoms with van der Waals surface area (Å²) in [5.41, 5.74) is -0.236. The second kappa shape index (κ2) is 6.35. The molecule has 1 aromatic carbocycles. The van der Waals surface area contributed by atoms with Crippen molar-refractivity contribution in [2.75, 3.05) is 6.54 Å². The van der Waals surface area contributed by atoms with E-state index in [-0.39, 0.29) is 23.4 Å². The number of pyridine rings is 1. The number of hydrogen-bond donors (Lipinski definition) is 2. The van der Waals surface area contributed by atoms with E-state index in [1.807, 2.05) is 24.8 Å². The molecule has 2 N–H and O–H groups in total. The first kappa shape index (κ1) is 17.2. The average Bonchev–Trinajstić information content (AvgIpc) is 3.04. The Balaban J connectivity index is 1.99. The lowest BCUT2D eigenvalue weighted by molar-refractivity contribution is -0.121. The summed E-state index contributed by atoms with van der Waals surface area (Å²) in [6.45, 7) is 6.00. The first-order valence-electron chi connectivity index (χ1n) is 8.51. The summed E-state index contributed by atoms with van der Waals surface area (Å²) in [5.74, 6) is -0.229. The van der Waals surface area contributed by atoms with Crippen LogP contribution >= 0.6 is 0 Å². The van der Waals surface area contributed by atoms with Crippen molar-refractivity contribution in [3.63, 3.8) is 0 Å².